The molecule has 2 aromatic heterocycles. The summed E-state index contributed by atoms with van der Waals surface area (Å²) in [7, 11) is 0. The molecule has 0 spiro atoms. The van der Waals surface area contributed by atoms with Crippen LogP contribution in [0.25, 0.3) is 11.0 Å². The quantitative estimate of drug-likeness (QED) is 0.368. The summed E-state index contributed by atoms with van der Waals surface area (Å²) >= 11 is 0. The Hall–Kier alpha value is -3.59. The second-order valence-electron chi connectivity index (χ2n) is 5.43. The number of hydrogen-bond acceptors (Lipinski definition) is 6. The van der Waals surface area contributed by atoms with Gasteiger partial charge in [-0.25, -0.2) is 5.43 Å². The summed E-state index contributed by atoms with van der Waals surface area (Å²) in [6, 6.07) is 7.42. The number of pyridine rings is 1. The molecule has 1 aliphatic heterocycles. The molecule has 0 saturated heterocycles. The van der Waals surface area contributed by atoms with E-state index in [9.17, 15) is 20.0 Å². The Balaban J connectivity index is 2.04. The van der Waals surface area contributed by atoms with Crippen LogP contribution in [0.1, 0.15) is 32.1 Å². The lowest BCUT2D eigenvalue weighted by molar-refractivity contribution is -0.637. The highest BCUT2D eigenvalue weighted by atomic mass is 16.5. The number of rotatable bonds is 2. The van der Waals surface area contributed by atoms with Crippen LogP contribution in [0.2, 0.25) is 0 Å². The zero-order valence-corrected chi connectivity index (χ0v) is 12.7. The molecule has 9 nitrogen and oxygen atoms in total. The first-order valence-electron chi connectivity index (χ1n) is 7.38. The van der Waals surface area contributed by atoms with E-state index in [4.69, 9.17) is 0 Å². The van der Waals surface area contributed by atoms with Gasteiger partial charge in [-0.1, -0.05) is 6.07 Å². The molecule has 3 heterocycles. The van der Waals surface area contributed by atoms with Crippen LogP contribution in [0.15, 0.2) is 42.7 Å². The normalized spacial score (nSPS) is 13.4. The third-order valence-electron chi connectivity index (χ3n) is 4.02. The van der Waals surface area contributed by atoms with Gasteiger partial charge in [0.2, 0.25) is 0 Å². The maximum Gasteiger partial charge on any atom is 0.354 e. The van der Waals surface area contributed by atoms with Crippen molar-refractivity contribution >= 4 is 22.7 Å². The first kappa shape index (κ1) is 15.0. The summed E-state index contributed by atoms with van der Waals surface area (Å²) in [4.78, 5) is 28.5. The Morgan fingerprint density at radius 1 is 1.12 bits per heavy atom. The topological polar surface area (TPSA) is 125 Å². The zero-order chi connectivity index (χ0) is 17.6. The van der Waals surface area contributed by atoms with Crippen LogP contribution in [0.5, 0.6) is 0 Å². The van der Waals surface area contributed by atoms with Crippen molar-refractivity contribution < 1.29 is 19.0 Å². The molecule has 9 heteroatoms. The predicted octanol–water partition coefficient (Wildman–Crippen LogP) is -0.519. The maximum absolute atomic E-state index is 12.8. The van der Waals surface area contributed by atoms with Crippen molar-refractivity contribution in [1.29, 1.82) is 0 Å². The van der Waals surface area contributed by atoms with Crippen molar-refractivity contribution in [3.05, 3.63) is 75.7 Å². The number of carbonyl (C=O) groups is 2. The number of hydrazine groups is 1. The molecule has 0 fully saturated rings. The Bertz CT molecular complexity index is 1040. The minimum Gasteiger partial charge on any atom is -0.618 e. The summed E-state index contributed by atoms with van der Waals surface area (Å²) in [6.45, 7) is -0.0272. The second kappa shape index (κ2) is 5.49. The van der Waals surface area contributed by atoms with E-state index in [1.165, 1.54) is 42.7 Å². The molecule has 0 bridgehead atoms. The average Bonchev–Trinajstić information content (AvgIpc) is 2.65. The Morgan fingerprint density at radius 2 is 1.88 bits per heavy atom. The lowest BCUT2D eigenvalue weighted by atomic mass is 10.0. The standard InChI is InChI=1S/C16H11N5O4/c22-15(9-4-6-17-7-5-9)10-2-1-3-11-13(10)21(25)12-8-18-19-16(23)14(12)20(11)24/h1-7,18H,8H2,(H,19,23). The van der Waals surface area contributed by atoms with Crippen LogP contribution in [-0.4, -0.2) is 16.7 Å². The lowest BCUT2D eigenvalue weighted by Gasteiger charge is -2.17. The highest BCUT2D eigenvalue weighted by molar-refractivity contribution is 6.14. The van der Waals surface area contributed by atoms with E-state index in [0.29, 0.717) is 15.0 Å². The number of nitrogens with zero attached hydrogens (tertiary/aromatic N) is 3. The highest BCUT2D eigenvalue weighted by Gasteiger charge is 2.37. The fourth-order valence-corrected chi connectivity index (χ4v) is 2.87. The van der Waals surface area contributed by atoms with Gasteiger partial charge >= 0.3 is 17.1 Å². The van der Waals surface area contributed by atoms with E-state index in [1.807, 2.05) is 0 Å². The van der Waals surface area contributed by atoms with Crippen molar-refractivity contribution in [2.24, 2.45) is 0 Å². The first-order valence-corrected chi connectivity index (χ1v) is 7.38. The Kier molecular flexibility index (Phi) is 3.29. The van der Waals surface area contributed by atoms with E-state index in [-0.39, 0.29) is 34.5 Å². The van der Waals surface area contributed by atoms with Gasteiger partial charge in [0.05, 0.1) is 0 Å². The number of benzene rings is 1. The first-order chi connectivity index (χ1) is 12.1. The van der Waals surface area contributed by atoms with E-state index >= 15 is 0 Å². The third kappa shape index (κ3) is 2.17. The Labute approximate surface area is 140 Å². The number of fused-ring (bicyclic) bond motifs is 2. The van der Waals surface area contributed by atoms with E-state index in [2.05, 4.69) is 15.8 Å². The van der Waals surface area contributed by atoms with Crippen molar-refractivity contribution in [2.45, 2.75) is 6.54 Å². The molecule has 0 atom stereocenters. The molecule has 4 rings (SSSR count). The van der Waals surface area contributed by atoms with Crippen LogP contribution in [-0.2, 0) is 6.54 Å². The monoisotopic (exact) mass is 337 g/mol. The number of amides is 1. The average molecular weight is 337 g/mol. The van der Waals surface area contributed by atoms with E-state index in [0.717, 1.165) is 0 Å². The third-order valence-corrected chi connectivity index (χ3v) is 4.02. The minimum absolute atomic E-state index is 0.0272. The van der Waals surface area contributed by atoms with Crippen LogP contribution in [0, 0.1) is 10.4 Å². The second-order valence-corrected chi connectivity index (χ2v) is 5.43. The zero-order valence-electron chi connectivity index (χ0n) is 12.7. The number of nitrogens with one attached hydrogen (secondary N) is 2. The van der Waals surface area contributed by atoms with Crippen LogP contribution < -0.4 is 20.3 Å². The molecular formula is C16H11N5O4. The van der Waals surface area contributed by atoms with Crippen molar-refractivity contribution in [1.82, 2.24) is 15.8 Å². The van der Waals surface area contributed by atoms with Gasteiger partial charge in [0, 0.05) is 24.0 Å². The van der Waals surface area contributed by atoms with Crippen molar-refractivity contribution in [3.63, 3.8) is 0 Å². The summed E-state index contributed by atoms with van der Waals surface area (Å²) in [5.74, 6) is -1.11. The van der Waals surface area contributed by atoms with Gasteiger partial charge in [-0.15, -0.1) is 4.73 Å². The summed E-state index contributed by atoms with van der Waals surface area (Å²) < 4.78 is 0.859. The molecule has 1 amide bonds. The van der Waals surface area contributed by atoms with E-state index < -0.39 is 11.7 Å². The number of hydrogen-bond donors (Lipinski definition) is 2. The number of para-hydroxylation sites is 1. The summed E-state index contributed by atoms with van der Waals surface area (Å²) in [5, 5.41) is 25.4. The van der Waals surface area contributed by atoms with Gasteiger partial charge < -0.3 is 10.4 Å². The number of aromatic nitrogens is 3. The van der Waals surface area contributed by atoms with Gasteiger partial charge in [0.15, 0.2) is 5.78 Å². The molecule has 124 valence electrons. The highest BCUT2D eigenvalue weighted by Crippen LogP contribution is 2.18. The molecule has 0 saturated carbocycles. The molecule has 0 radical (unpaired) electrons. The van der Waals surface area contributed by atoms with Crippen LogP contribution >= 0.6 is 0 Å². The predicted molar refractivity (Wildman–Crippen MR) is 83.8 cm³/mol. The lowest BCUT2D eigenvalue weighted by Crippen LogP contribution is -2.57. The van der Waals surface area contributed by atoms with Crippen LogP contribution in [0.4, 0.5) is 0 Å². The smallest absolute Gasteiger partial charge is 0.354 e. The molecule has 3 aromatic rings. The van der Waals surface area contributed by atoms with Gasteiger partial charge in [0.25, 0.3) is 11.2 Å². The molecule has 0 unspecified atom stereocenters. The maximum atomic E-state index is 12.8. The fourth-order valence-electron chi connectivity index (χ4n) is 2.87. The largest absolute Gasteiger partial charge is 0.618 e. The van der Waals surface area contributed by atoms with Gasteiger partial charge in [-0.2, -0.15) is 4.73 Å². The number of carbonyl (C=O) groups excluding carboxylic acids is 2. The molecule has 25 heavy (non-hydrogen) atoms. The summed E-state index contributed by atoms with van der Waals surface area (Å²) in [5.41, 5.74) is 4.81. The molecule has 2 N–H and O–H groups in total. The van der Waals surface area contributed by atoms with Crippen molar-refractivity contribution in [2.75, 3.05) is 0 Å². The fraction of sp³-hybridized carbons (Fsp3) is 0.0625. The molecular weight excluding hydrogens is 326 g/mol. The number of ketones is 1. The van der Waals surface area contributed by atoms with Gasteiger partial charge in [-0.05, 0) is 18.2 Å². The molecule has 0 aliphatic carbocycles. The van der Waals surface area contributed by atoms with Gasteiger partial charge in [0.1, 0.15) is 12.1 Å². The van der Waals surface area contributed by atoms with Crippen molar-refractivity contribution in [3.8, 4) is 0 Å². The SMILES string of the molecule is O=C(c1ccncc1)c1cccc2c1[n+]([O-])c1c([n+]2[O-])C(=O)NNC1. The Morgan fingerprint density at radius 3 is 2.64 bits per heavy atom. The molecule has 1 aromatic carbocycles. The van der Waals surface area contributed by atoms with E-state index in [1.54, 1.807) is 0 Å². The van der Waals surface area contributed by atoms with Crippen LogP contribution in [0.3, 0.4) is 0 Å². The van der Waals surface area contributed by atoms with Gasteiger partial charge in [-0.3, -0.25) is 20.0 Å². The minimum atomic E-state index is -0.700. The summed E-state index contributed by atoms with van der Waals surface area (Å²) in [6.07, 6.45) is 2.93. The molecule has 1 aliphatic rings.